The van der Waals surface area contributed by atoms with Crippen LogP contribution in [0.2, 0.25) is 0 Å². The Morgan fingerprint density at radius 2 is 1.97 bits per heavy atom. The van der Waals surface area contributed by atoms with Crippen molar-refractivity contribution in [2.75, 3.05) is 18.5 Å². The number of anilines is 2. The summed E-state index contributed by atoms with van der Waals surface area (Å²) >= 11 is 0. The SMILES string of the molecule is Cc1nc2ncc(-c3ccn4nc(Nc5cnn(C)c5)ncc34)cc2n1C1CCOCC1. The lowest BCUT2D eigenvalue weighted by atomic mass is 10.1. The monoisotopic (exact) mass is 429 g/mol. The molecule has 10 nitrogen and oxygen atoms in total. The lowest BCUT2D eigenvalue weighted by molar-refractivity contribution is 0.0701. The topological polar surface area (TPSA) is 100.0 Å². The molecule has 1 N–H and O–H groups in total. The average Bonchev–Trinajstić information content (AvgIpc) is 3.49. The molecule has 1 aliphatic rings. The van der Waals surface area contributed by atoms with E-state index in [1.165, 1.54) is 0 Å². The second-order valence-corrected chi connectivity index (χ2v) is 8.11. The Kier molecular flexibility index (Phi) is 4.39. The van der Waals surface area contributed by atoms with Gasteiger partial charge in [-0.05, 0) is 31.9 Å². The molecule has 10 heteroatoms. The molecule has 0 aliphatic carbocycles. The maximum absolute atomic E-state index is 5.55. The molecule has 0 atom stereocenters. The predicted octanol–water partition coefficient (Wildman–Crippen LogP) is 3.28. The van der Waals surface area contributed by atoms with E-state index >= 15 is 0 Å². The second kappa shape index (κ2) is 7.41. The number of aryl methyl sites for hydroxylation is 2. The van der Waals surface area contributed by atoms with Crippen molar-refractivity contribution in [1.82, 2.24) is 38.9 Å². The fraction of sp³-hybridized carbons (Fsp3) is 0.318. The highest BCUT2D eigenvalue weighted by molar-refractivity contribution is 5.85. The zero-order valence-electron chi connectivity index (χ0n) is 17.9. The Morgan fingerprint density at radius 1 is 1.09 bits per heavy atom. The first-order chi connectivity index (χ1) is 15.7. The van der Waals surface area contributed by atoms with Crippen molar-refractivity contribution in [3.05, 3.63) is 48.9 Å². The van der Waals surface area contributed by atoms with Gasteiger partial charge in [0, 0.05) is 56.0 Å². The number of fused-ring (bicyclic) bond motifs is 2. The molecule has 0 aromatic carbocycles. The van der Waals surface area contributed by atoms with Gasteiger partial charge in [-0.3, -0.25) is 4.68 Å². The highest BCUT2D eigenvalue weighted by Gasteiger charge is 2.21. The molecule has 0 spiro atoms. The summed E-state index contributed by atoms with van der Waals surface area (Å²) in [7, 11) is 1.87. The first-order valence-electron chi connectivity index (χ1n) is 10.7. The summed E-state index contributed by atoms with van der Waals surface area (Å²) in [6.45, 7) is 3.62. The summed E-state index contributed by atoms with van der Waals surface area (Å²) < 4.78 is 11.4. The van der Waals surface area contributed by atoms with Gasteiger partial charge in [0.2, 0.25) is 5.95 Å². The molecule has 0 radical (unpaired) electrons. The average molecular weight is 429 g/mol. The molecule has 6 heterocycles. The Bertz CT molecular complexity index is 1420. The zero-order chi connectivity index (χ0) is 21.7. The number of imidazole rings is 1. The molecule has 5 aromatic rings. The third kappa shape index (κ3) is 3.19. The van der Waals surface area contributed by atoms with Crippen LogP contribution in [0.15, 0.2) is 43.1 Å². The van der Waals surface area contributed by atoms with Crippen molar-refractivity contribution >= 4 is 28.3 Å². The van der Waals surface area contributed by atoms with Gasteiger partial charge in [0.25, 0.3) is 0 Å². The summed E-state index contributed by atoms with van der Waals surface area (Å²) in [6.07, 6.45) is 11.2. The van der Waals surface area contributed by atoms with Crippen molar-refractivity contribution in [3.8, 4) is 11.1 Å². The number of hydrogen-bond donors (Lipinski definition) is 1. The normalized spacial score (nSPS) is 15.1. The summed E-state index contributed by atoms with van der Waals surface area (Å²) in [5.74, 6) is 1.50. The Balaban J connectivity index is 1.38. The molecule has 1 saturated heterocycles. The van der Waals surface area contributed by atoms with Gasteiger partial charge < -0.3 is 14.6 Å². The van der Waals surface area contributed by atoms with E-state index in [1.807, 2.05) is 42.4 Å². The van der Waals surface area contributed by atoms with Crippen molar-refractivity contribution < 1.29 is 4.74 Å². The minimum absolute atomic E-state index is 0.390. The minimum atomic E-state index is 0.390. The van der Waals surface area contributed by atoms with E-state index in [2.05, 4.69) is 43.0 Å². The highest BCUT2D eigenvalue weighted by Crippen LogP contribution is 2.31. The molecule has 32 heavy (non-hydrogen) atoms. The van der Waals surface area contributed by atoms with E-state index in [0.717, 1.165) is 65.4 Å². The number of ether oxygens (including phenoxy) is 1. The molecule has 1 fully saturated rings. The third-order valence-corrected chi connectivity index (χ3v) is 5.97. The van der Waals surface area contributed by atoms with Gasteiger partial charge in [0.15, 0.2) is 5.65 Å². The summed E-state index contributed by atoms with van der Waals surface area (Å²) in [4.78, 5) is 13.8. The Morgan fingerprint density at radius 3 is 2.78 bits per heavy atom. The van der Waals surface area contributed by atoms with Crippen LogP contribution in [0.1, 0.15) is 24.7 Å². The van der Waals surface area contributed by atoms with Crippen molar-refractivity contribution in [3.63, 3.8) is 0 Å². The summed E-state index contributed by atoms with van der Waals surface area (Å²) in [6, 6.07) is 4.61. The largest absolute Gasteiger partial charge is 0.381 e. The maximum Gasteiger partial charge on any atom is 0.245 e. The molecule has 0 saturated carbocycles. The lowest BCUT2D eigenvalue weighted by Gasteiger charge is -2.25. The highest BCUT2D eigenvalue weighted by atomic mass is 16.5. The first-order valence-corrected chi connectivity index (χ1v) is 10.7. The summed E-state index contributed by atoms with van der Waals surface area (Å²) in [5, 5.41) is 11.9. The van der Waals surface area contributed by atoms with Gasteiger partial charge in [-0.1, -0.05) is 0 Å². The Hall–Kier alpha value is -3.79. The van der Waals surface area contributed by atoms with Gasteiger partial charge in [0.1, 0.15) is 5.82 Å². The second-order valence-electron chi connectivity index (χ2n) is 8.11. The van der Waals surface area contributed by atoms with Crippen LogP contribution in [-0.2, 0) is 11.8 Å². The van der Waals surface area contributed by atoms with Crippen LogP contribution >= 0.6 is 0 Å². The van der Waals surface area contributed by atoms with Gasteiger partial charge >= 0.3 is 0 Å². The van der Waals surface area contributed by atoms with Gasteiger partial charge in [0.05, 0.1) is 29.1 Å². The van der Waals surface area contributed by atoms with E-state index in [9.17, 15) is 0 Å². The molecular weight excluding hydrogens is 406 g/mol. The maximum atomic E-state index is 5.55. The molecule has 162 valence electrons. The van der Waals surface area contributed by atoms with Crippen LogP contribution in [0.5, 0.6) is 0 Å². The van der Waals surface area contributed by atoms with Gasteiger partial charge in [-0.15, -0.1) is 5.10 Å². The van der Waals surface area contributed by atoms with Crippen LogP contribution in [0.4, 0.5) is 11.6 Å². The molecule has 0 unspecified atom stereocenters. The van der Waals surface area contributed by atoms with Crippen LogP contribution in [0.25, 0.3) is 27.8 Å². The molecule has 0 amide bonds. The number of aromatic nitrogens is 8. The number of nitrogens with zero attached hydrogens (tertiary/aromatic N) is 8. The molecule has 0 bridgehead atoms. The third-order valence-electron chi connectivity index (χ3n) is 5.97. The molecular formula is C22H23N9O. The molecule has 6 rings (SSSR count). The number of hydrogen-bond acceptors (Lipinski definition) is 7. The van der Waals surface area contributed by atoms with Crippen LogP contribution in [0.3, 0.4) is 0 Å². The fourth-order valence-electron chi connectivity index (χ4n) is 4.46. The van der Waals surface area contributed by atoms with Crippen LogP contribution in [-0.4, -0.2) is 52.1 Å². The lowest BCUT2D eigenvalue weighted by Crippen LogP contribution is -2.20. The van der Waals surface area contributed by atoms with E-state index in [-0.39, 0.29) is 0 Å². The molecule has 5 aromatic heterocycles. The van der Waals surface area contributed by atoms with E-state index in [1.54, 1.807) is 10.9 Å². The molecule has 1 aliphatic heterocycles. The summed E-state index contributed by atoms with van der Waals surface area (Å²) in [5.41, 5.74) is 5.64. The quantitative estimate of drug-likeness (QED) is 0.468. The minimum Gasteiger partial charge on any atom is -0.381 e. The van der Waals surface area contributed by atoms with Gasteiger partial charge in [-0.2, -0.15) is 5.10 Å². The van der Waals surface area contributed by atoms with Crippen molar-refractivity contribution in [2.24, 2.45) is 7.05 Å². The number of nitrogens with one attached hydrogen (secondary N) is 1. The van der Waals surface area contributed by atoms with Gasteiger partial charge in [-0.25, -0.2) is 19.5 Å². The standard InChI is InChI=1S/C22H23N9O/c1-14-26-21-19(31(14)17-4-7-32-8-5-17)9-15(10-23-21)18-3-6-30-20(18)12-24-22(28-30)27-16-11-25-29(2)13-16/h3,6,9-13,17H,4-5,7-8H2,1-2H3,(H,27,28). The first kappa shape index (κ1) is 18.9. The van der Waals surface area contributed by atoms with Crippen molar-refractivity contribution in [1.29, 1.82) is 0 Å². The van der Waals surface area contributed by atoms with E-state index < -0.39 is 0 Å². The zero-order valence-corrected chi connectivity index (χ0v) is 17.9. The Labute approximate surface area is 183 Å². The van der Waals surface area contributed by atoms with Crippen LogP contribution < -0.4 is 5.32 Å². The van der Waals surface area contributed by atoms with Crippen molar-refractivity contribution in [2.45, 2.75) is 25.8 Å². The predicted molar refractivity (Wildman–Crippen MR) is 120 cm³/mol. The van der Waals surface area contributed by atoms with E-state index in [4.69, 9.17) is 9.72 Å². The fourth-order valence-corrected chi connectivity index (χ4v) is 4.46. The number of pyridine rings is 1. The van der Waals surface area contributed by atoms with E-state index in [0.29, 0.717) is 12.0 Å². The van der Waals surface area contributed by atoms with Crippen LogP contribution in [0, 0.1) is 6.92 Å². The number of rotatable bonds is 4. The smallest absolute Gasteiger partial charge is 0.245 e.